The second-order valence-electron chi connectivity index (χ2n) is 4.13. The molecule has 3 nitrogen and oxygen atoms in total. The molecular weight excluding hydrogens is 371 g/mol. The number of hydrogen-bond donors (Lipinski definition) is 1. The van der Waals surface area contributed by atoms with E-state index in [9.17, 15) is 0 Å². The van der Waals surface area contributed by atoms with Crippen LogP contribution in [0.4, 0.5) is 0 Å². The monoisotopic (exact) mass is 382 g/mol. The third-order valence-corrected chi connectivity index (χ3v) is 3.93. The van der Waals surface area contributed by atoms with E-state index in [4.69, 9.17) is 17.0 Å². The van der Waals surface area contributed by atoms with Gasteiger partial charge in [-0.25, -0.2) is 0 Å². The molecule has 1 N–H and O–H groups in total. The number of halogens is 1. The molecule has 0 saturated heterocycles. The first-order valence-corrected chi connectivity index (χ1v) is 7.22. The largest absolute Gasteiger partial charge is 0.497 e. The van der Waals surface area contributed by atoms with Crippen LogP contribution in [0.25, 0.3) is 16.7 Å². The molecule has 0 aliphatic carbocycles. The molecule has 0 amide bonds. The van der Waals surface area contributed by atoms with Gasteiger partial charge in [0.15, 0.2) is 4.77 Å². The lowest BCUT2D eigenvalue weighted by atomic mass is 10.2. The van der Waals surface area contributed by atoms with Crippen molar-refractivity contribution >= 4 is 45.8 Å². The van der Waals surface area contributed by atoms with Crippen molar-refractivity contribution in [3.05, 3.63) is 50.8 Å². The number of imidazole rings is 1. The number of H-pyrrole nitrogens is 1. The highest BCUT2D eigenvalue weighted by molar-refractivity contribution is 14.1. The van der Waals surface area contributed by atoms with Gasteiger partial charge in [0.2, 0.25) is 0 Å². The van der Waals surface area contributed by atoms with Gasteiger partial charge < -0.3 is 9.72 Å². The quantitative estimate of drug-likeness (QED) is 0.529. The van der Waals surface area contributed by atoms with E-state index >= 15 is 0 Å². The molecule has 0 atom stereocenters. The third kappa shape index (κ3) is 2.28. The number of aromatic nitrogens is 2. The molecule has 3 aromatic rings. The minimum absolute atomic E-state index is 0.696. The summed E-state index contributed by atoms with van der Waals surface area (Å²) in [5.74, 6) is 0.838. The van der Waals surface area contributed by atoms with Crippen molar-refractivity contribution in [2.75, 3.05) is 7.11 Å². The Morgan fingerprint density at radius 2 is 1.89 bits per heavy atom. The molecule has 0 aliphatic heterocycles. The summed E-state index contributed by atoms with van der Waals surface area (Å²) in [6.07, 6.45) is 0. The van der Waals surface area contributed by atoms with Gasteiger partial charge in [-0.05, 0) is 77.3 Å². The van der Waals surface area contributed by atoms with Crippen LogP contribution in [-0.4, -0.2) is 16.7 Å². The predicted molar refractivity (Wildman–Crippen MR) is 87.7 cm³/mol. The van der Waals surface area contributed by atoms with Crippen LogP contribution in [0.2, 0.25) is 0 Å². The number of rotatable bonds is 2. The van der Waals surface area contributed by atoms with Crippen molar-refractivity contribution in [2.24, 2.45) is 0 Å². The van der Waals surface area contributed by atoms with Crippen LogP contribution in [0.1, 0.15) is 0 Å². The van der Waals surface area contributed by atoms with Gasteiger partial charge in [0, 0.05) is 9.26 Å². The van der Waals surface area contributed by atoms with Crippen molar-refractivity contribution in [1.29, 1.82) is 0 Å². The minimum atomic E-state index is 0.696. The third-order valence-electron chi connectivity index (χ3n) is 2.97. The molecule has 0 fully saturated rings. The Balaban J connectivity index is 2.23. The summed E-state index contributed by atoms with van der Waals surface area (Å²) >= 11 is 7.71. The van der Waals surface area contributed by atoms with E-state index in [0.717, 1.165) is 22.5 Å². The van der Waals surface area contributed by atoms with E-state index in [0.29, 0.717) is 4.77 Å². The van der Waals surface area contributed by atoms with E-state index in [1.807, 2.05) is 28.8 Å². The lowest BCUT2D eigenvalue weighted by Gasteiger charge is -2.06. The van der Waals surface area contributed by atoms with Gasteiger partial charge in [-0.2, -0.15) is 0 Å². The number of methoxy groups -OCH3 is 1. The Bertz CT molecular complexity index is 789. The maximum atomic E-state index is 5.41. The minimum Gasteiger partial charge on any atom is -0.497 e. The second kappa shape index (κ2) is 4.97. The van der Waals surface area contributed by atoms with Crippen LogP contribution in [-0.2, 0) is 0 Å². The maximum Gasteiger partial charge on any atom is 0.182 e. The van der Waals surface area contributed by atoms with Gasteiger partial charge in [-0.3, -0.25) is 4.57 Å². The number of benzene rings is 2. The van der Waals surface area contributed by atoms with E-state index in [2.05, 4.69) is 45.8 Å². The molecule has 2 aromatic carbocycles. The zero-order valence-electron chi connectivity index (χ0n) is 10.2. The Morgan fingerprint density at radius 1 is 1.16 bits per heavy atom. The molecule has 0 bridgehead atoms. The maximum absolute atomic E-state index is 5.41. The van der Waals surface area contributed by atoms with E-state index in [-0.39, 0.29) is 0 Å². The van der Waals surface area contributed by atoms with E-state index in [1.54, 1.807) is 7.11 Å². The molecule has 1 heterocycles. The number of hydrogen-bond acceptors (Lipinski definition) is 2. The first-order valence-electron chi connectivity index (χ1n) is 5.74. The number of aromatic amines is 1. The van der Waals surface area contributed by atoms with Gasteiger partial charge in [0.25, 0.3) is 0 Å². The van der Waals surface area contributed by atoms with Crippen molar-refractivity contribution in [2.45, 2.75) is 0 Å². The van der Waals surface area contributed by atoms with Crippen molar-refractivity contribution in [3.8, 4) is 11.4 Å². The topological polar surface area (TPSA) is 29.9 Å². The highest BCUT2D eigenvalue weighted by atomic mass is 127. The number of ether oxygens (including phenoxy) is 1. The summed E-state index contributed by atoms with van der Waals surface area (Å²) in [5.41, 5.74) is 3.15. The van der Waals surface area contributed by atoms with Gasteiger partial charge in [-0.1, -0.05) is 0 Å². The average molecular weight is 382 g/mol. The van der Waals surface area contributed by atoms with Crippen molar-refractivity contribution < 1.29 is 4.74 Å². The molecule has 96 valence electrons. The molecule has 19 heavy (non-hydrogen) atoms. The molecule has 0 spiro atoms. The van der Waals surface area contributed by atoms with Gasteiger partial charge in [0.1, 0.15) is 5.75 Å². The Morgan fingerprint density at radius 3 is 2.58 bits per heavy atom. The number of nitrogens with zero attached hydrogens (tertiary/aromatic N) is 1. The Labute approximate surface area is 129 Å². The molecule has 0 radical (unpaired) electrons. The highest BCUT2D eigenvalue weighted by Gasteiger charge is 2.06. The number of fused-ring (bicyclic) bond motifs is 1. The summed E-state index contributed by atoms with van der Waals surface area (Å²) in [7, 11) is 1.66. The summed E-state index contributed by atoms with van der Waals surface area (Å²) in [6.45, 7) is 0. The molecular formula is C14H11IN2OS. The average Bonchev–Trinajstić information content (AvgIpc) is 2.74. The van der Waals surface area contributed by atoms with Gasteiger partial charge >= 0.3 is 0 Å². The second-order valence-corrected chi connectivity index (χ2v) is 5.76. The standard InChI is InChI=1S/C14H11IN2OS/c1-18-11-5-3-10(4-6-11)17-13-7-2-9(15)8-12(13)16-14(17)19/h2-8H,1H3,(H,16,19). The van der Waals surface area contributed by atoms with Crippen LogP contribution in [0, 0.1) is 8.34 Å². The molecule has 0 saturated carbocycles. The fourth-order valence-corrected chi connectivity index (χ4v) is 2.88. The van der Waals surface area contributed by atoms with Crippen LogP contribution in [0.3, 0.4) is 0 Å². The zero-order chi connectivity index (χ0) is 13.4. The van der Waals surface area contributed by atoms with Crippen LogP contribution in [0.15, 0.2) is 42.5 Å². The molecule has 1 aromatic heterocycles. The summed E-state index contributed by atoms with van der Waals surface area (Å²) in [6, 6.07) is 14.1. The number of nitrogens with one attached hydrogen (secondary N) is 1. The molecule has 3 rings (SSSR count). The first kappa shape index (κ1) is 12.7. The Hall–Kier alpha value is -1.34. The van der Waals surface area contributed by atoms with Crippen molar-refractivity contribution in [3.63, 3.8) is 0 Å². The van der Waals surface area contributed by atoms with Crippen LogP contribution >= 0.6 is 34.8 Å². The van der Waals surface area contributed by atoms with Crippen LogP contribution < -0.4 is 4.74 Å². The summed E-state index contributed by atoms with van der Waals surface area (Å²) in [5, 5.41) is 0. The van der Waals surface area contributed by atoms with Crippen molar-refractivity contribution in [1.82, 2.24) is 9.55 Å². The molecule has 0 aliphatic rings. The predicted octanol–water partition coefficient (Wildman–Crippen LogP) is 4.30. The Kier molecular flexibility index (Phi) is 3.32. The lowest BCUT2D eigenvalue weighted by Crippen LogP contribution is -1.94. The van der Waals surface area contributed by atoms with E-state index < -0.39 is 0 Å². The van der Waals surface area contributed by atoms with Gasteiger partial charge in [0.05, 0.1) is 18.1 Å². The van der Waals surface area contributed by atoms with Gasteiger partial charge in [-0.15, -0.1) is 0 Å². The normalized spacial score (nSPS) is 10.8. The first-order chi connectivity index (χ1) is 9.19. The molecule has 0 unspecified atom stereocenters. The summed E-state index contributed by atoms with van der Waals surface area (Å²) < 4.78 is 9.08. The van der Waals surface area contributed by atoms with E-state index in [1.165, 1.54) is 3.57 Å². The SMILES string of the molecule is COc1ccc(-n2c(=S)[nH]c3cc(I)ccc32)cc1. The van der Waals surface area contributed by atoms with Crippen LogP contribution in [0.5, 0.6) is 5.75 Å². The zero-order valence-corrected chi connectivity index (χ0v) is 13.2. The fraction of sp³-hybridized carbons (Fsp3) is 0.0714. The highest BCUT2D eigenvalue weighted by Crippen LogP contribution is 2.22. The summed E-state index contributed by atoms with van der Waals surface area (Å²) in [4.78, 5) is 3.24. The smallest absolute Gasteiger partial charge is 0.182 e. The fourth-order valence-electron chi connectivity index (χ4n) is 2.07. The lowest BCUT2D eigenvalue weighted by molar-refractivity contribution is 0.415. The molecule has 5 heteroatoms.